The van der Waals surface area contributed by atoms with Crippen molar-refractivity contribution in [2.24, 2.45) is 0 Å². The topological polar surface area (TPSA) is 9.23 Å². The molecule has 1 nitrogen and oxygen atoms in total. The molecule has 0 heterocycles. The Bertz CT molecular complexity index is 325. The molecule has 0 aliphatic heterocycles. The molecule has 90 valence electrons. The van der Waals surface area contributed by atoms with Crippen LogP contribution in [0.4, 0.5) is 22.0 Å². The highest BCUT2D eigenvalue weighted by Gasteiger charge is 2.58. The first-order chi connectivity index (χ1) is 7.39. The number of hydrogen-bond acceptors (Lipinski definition) is 1. The molecule has 0 unspecified atom stereocenters. The third-order valence-corrected chi connectivity index (χ3v) is 1.86. The fourth-order valence-electron chi connectivity index (χ4n) is 0.932. The van der Waals surface area contributed by atoms with Gasteiger partial charge in [0.05, 0.1) is 6.61 Å². The van der Waals surface area contributed by atoms with Gasteiger partial charge < -0.3 is 4.74 Å². The molecule has 1 rings (SSSR count). The van der Waals surface area contributed by atoms with Crippen LogP contribution in [0.3, 0.4) is 0 Å². The predicted molar refractivity (Wildman–Crippen MR) is 47.1 cm³/mol. The van der Waals surface area contributed by atoms with Crippen LogP contribution in [-0.4, -0.2) is 18.7 Å². The summed E-state index contributed by atoms with van der Waals surface area (Å²) < 4.78 is 65.5. The number of benzene rings is 1. The molecule has 16 heavy (non-hydrogen) atoms. The molecule has 0 radical (unpaired) electrons. The number of rotatable bonds is 5. The Morgan fingerprint density at radius 2 is 1.56 bits per heavy atom. The lowest BCUT2D eigenvalue weighted by molar-refractivity contribution is -0.354. The van der Waals surface area contributed by atoms with Crippen molar-refractivity contribution in [2.45, 2.75) is 18.6 Å². The largest absolute Gasteiger partial charge is 0.422 e. The predicted octanol–water partition coefficient (Wildman–Crippen LogP) is 3.40. The van der Waals surface area contributed by atoms with Crippen LogP contribution < -0.4 is 0 Å². The zero-order valence-electron chi connectivity index (χ0n) is 8.10. The highest BCUT2D eigenvalue weighted by Crippen LogP contribution is 2.36. The van der Waals surface area contributed by atoms with Crippen LogP contribution in [0.25, 0.3) is 0 Å². The lowest BCUT2D eigenvalue weighted by Crippen LogP contribution is -2.44. The third kappa shape index (κ3) is 2.91. The van der Waals surface area contributed by atoms with Crippen molar-refractivity contribution in [3.63, 3.8) is 0 Å². The lowest BCUT2D eigenvalue weighted by Gasteiger charge is -2.23. The van der Waals surface area contributed by atoms with E-state index in [4.69, 9.17) is 0 Å². The highest BCUT2D eigenvalue weighted by atomic mass is 19.3. The molecule has 0 aliphatic rings. The van der Waals surface area contributed by atoms with Crippen molar-refractivity contribution in [1.82, 2.24) is 0 Å². The first-order valence-electron chi connectivity index (χ1n) is 4.38. The molecule has 0 amide bonds. The molecule has 1 aromatic rings. The molecule has 1 aromatic carbocycles. The summed E-state index contributed by atoms with van der Waals surface area (Å²) in [5.74, 6) is -4.80. The minimum absolute atomic E-state index is 0.303. The van der Waals surface area contributed by atoms with Crippen molar-refractivity contribution in [3.8, 4) is 0 Å². The van der Waals surface area contributed by atoms with Crippen molar-refractivity contribution < 1.29 is 26.7 Å². The van der Waals surface area contributed by atoms with Gasteiger partial charge in [0.1, 0.15) is 0 Å². The summed E-state index contributed by atoms with van der Waals surface area (Å²) in [6.45, 7) is -3.17. The van der Waals surface area contributed by atoms with E-state index < -0.39 is 25.3 Å². The normalized spacial score (nSPS) is 12.8. The number of ether oxygens (including phenoxy) is 1. The standard InChI is InChI=1S/C10H9F5O/c11-7-9(12,13)10(14,15)16-6-8-4-2-1-3-5-8/h1-5H,6-7H2. The summed E-state index contributed by atoms with van der Waals surface area (Å²) >= 11 is 0. The van der Waals surface area contributed by atoms with Crippen molar-refractivity contribution in [1.29, 1.82) is 0 Å². The number of halogens is 5. The monoisotopic (exact) mass is 240 g/mol. The van der Waals surface area contributed by atoms with Crippen molar-refractivity contribution in [2.75, 3.05) is 6.67 Å². The second kappa shape index (κ2) is 4.78. The molecule has 0 aromatic heterocycles. The average molecular weight is 240 g/mol. The molecule has 0 N–H and O–H groups in total. The number of alkyl halides is 5. The van der Waals surface area contributed by atoms with E-state index in [2.05, 4.69) is 4.74 Å². The molecule has 0 bridgehead atoms. The SMILES string of the molecule is FCC(F)(F)C(F)(F)OCc1ccccc1. The van der Waals surface area contributed by atoms with Crippen LogP contribution in [0.15, 0.2) is 30.3 Å². The van der Waals surface area contributed by atoms with Crippen molar-refractivity contribution in [3.05, 3.63) is 35.9 Å². The summed E-state index contributed by atoms with van der Waals surface area (Å²) in [5, 5.41) is 0. The molecule has 0 spiro atoms. The second-order valence-electron chi connectivity index (χ2n) is 3.13. The Balaban J connectivity index is 2.61. The molecule has 0 saturated carbocycles. The fraction of sp³-hybridized carbons (Fsp3) is 0.400. The first-order valence-corrected chi connectivity index (χ1v) is 4.38. The molecule has 0 atom stereocenters. The average Bonchev–Trinajstić information content (AvgIpc) is 2.27. The minimum atomic E-state index is -4.81. The van der Waals surface area contributed by atoms with Gasteiger partial charge in [-0.1, -0.05) is 30.3 Å². The van der Waals surface area contributed by atoms with Gasteiger partial charge >= 0.3 is 12.0 Å². The summed E-state index contributed by atoms with van der Waals surface area (Å²) in [6, 6.07) is 7.60. The van der Waals surface area contributed by atoms with E-state index in [0.717, 1.165) is 0 Å². The maximum Gasteiger partial charge on any atom is 0.422 e. The Hall–Kier alpha value is -1.17. The van der Waals surface area contributed by atoms with Crippen LogP contribution in [0.1, 0.15) is 5.56 Å². The van der Waals surface area contributed by atoms with Gasteiger partial charge in [0.15, 0.2) is 6.67 Å². The van der Waals surface area contributed by atoms with E-state index in [9.17, 15) is 22.0 Å². The van der Waals surface area contributed by atoms with E-state index in [1.165, 1.54) is 12.1 Å². The zero-order valence-corrected chi connectivity index (χ0v) is 8.10. The van der Waals surface area contributed by atoms with Crippen molar-refractivity contribution >= 4 is 0 Å². The maximum atomic E-state index is 12.7. The van der Waals surface area contributed by atoms with E-state index >= 15 is 0 Å². The van der Waals surface area contributed by atoms with Gasteiger partial charge in [-0.05, 0) is 5.56 Å². The minimum Gasteiger partial charge on any atom is -0.311 e. The zero-order chi connectivity index (χ0) is 12.2. The Kier molecular flexibility index (Phi) is 3.85. The van der Waals surface area contributed by atoms with Gasteiger partial charge in [-0.3, -0.25) is 0 Å². The van der Waals surface area contributed by atoms with Gasteiger partial charge in [-0.25, -0.2) is 4.39 Å². The van der Waals surface area contributed by atoms with E-state index in [1.807, 2.05) is 0 Å². The van der Waals surface area contributed by atoms with Crippen LogP contribution in [0.5, 0.6) is 0 Å². The van der Waals surface area contributed by atoms with Gasteiger partial charge in [0.2, 0.25) is 0 Å². The summed E-state index contributed by atoms with van der Waals surface area (Å²) in [7, 11) is 0. The Labute approximate surface area is 88.8 Å². The summed E-state index contributed by atoms with van der Waals surface area (Å²) in [4.78, 5) is 0. The molecular formula is C10H9F5O. The molecule has 0 aliphatic carbocycles. The van der Waals surface area contributed by atoms with Gasteiger partial charge in [0.25, 0.3) is 0 Å². The van der Waals surface area contributed by atoms with Crippen LogP contribution >= 0.6 is 0 Å². The van der Waals surface area contributed by atoms with Crippen LogP contribution in [0.2, 0.25) is 0 Å². The quantitative estimate of drug-likeness (QED) is 0.717. The Morgan fingerprint density at radius 3 is 2.06 bits per heavy atom. The summed E-state index contributed by atoms with van der Waals surface area (Å²) in [5.41, 5.74) is 0.303. The molecule has 6 heteroatoms. The fourth-order valence-corrected chi connectivity index (χ4v) is 0.932. The summed E-state index contributed by atoms with van der Waals surface area (Å²) in [6.07, 6.45) is -4.81. The molecule has 0 fully saturated rings. The van der Waals surface area contributed by atoms with E-state index in [0.29, 0.717) is 5.56 Å². The number of hydrogen-bond donors (Lipinski definition) is 0. The molecular weight excluding hydrogens is 231 g/mol. The van der Waals surface area contributed by atoms with Gasteiger partial charge in [0, 0.05) is 0 Å². The highest BCUT2D eigenvalue weighted by molar-refractivity contribution is 5.13. The lowest BCUT2D eigenvalue weighted by atomic mass is 10.2. The van der Waals surface area contributed by atoms with Crippen LogP contribution in [0, 0.1) is 0 Å². The van der Waals surface area contributed by atoms with Crippen LogP contribution in [-0.2, 0) is 11.3 Å². The molecule has 0 saturated heterocycles. The third-order valence-electron chi connectivity index (χ3n) is 1.86. The second-order valence-corrected chi connectivity index (χ2v) is 3.13. The Morgan fingerprint density at radius 1 is 1.00 bits per heavy atom. The van der Waals surface area contributed by atoms with Gasteiger partial charge in [-0.15, -0.1) is 0 Å². The van der Waals surface area contributed by atoms with Gasteiger partial charge in [-0.2, -0.15) is 17.6 Å². The van der Waals surface area contributed by atoms with E-state index in [1.54, 1.807) is 18.2 Å². The smallest absolute Gasteiger partial charge is 0.311 e. The maximum absolute atomic E-state index is 12.7. The van der Waals surface area contributed by atoms with E-state index in [-0.39, 0.29) is 0 Å². The first kappa shape index (κ1) is 12.9.